The molecule has 0 radical (unpaired) electrons. The predicted molar refractivity (Wildman–Crippen MR) is 99.2 cm³/mol. The zero-order valence-corrected chi connectivity index (χ0v) is 15.4. The van der Waals surface area contributed by atoms with E-state index in [9.17, 15) is 4.79 Å². The van der Waals surface area contributed by atoms with Gasteiger partial charge in [0.25, 0.3) is 0 Å². The van der Waals surface area contributed by atoms with Crippen LogP contribution < -0.4 is 5.32 Å². The normalized spacial score (nSPS) is 22.0. The van der Waals surface area contributed by atoms with Crippen molar-refractivity contribution in [3.05, 3.63) is 53.9 Å². The van der Waals surface area contributed by atoms with Crippen LogP contribution >= 0.6 is 0 Å². The highest BCUT2D eigenvalue weighted by molar-refractivity contribution is 5.83. The van der Waals surface area contributed by atoms with Crippen molar-refractivity contribution in [3.8, 4) is 0 Å². The fourth-order valence-corrected chi connectivity index (χ4v) is 3.99. The molecule has 0 saturated carbocycles. The molecule has 3 rings (SSSR count). The average Bonchev–Trinajstić information content (AvgIpc) is 3.08. The molecular formula is C20H28N4O. The van der Waals surface area contributed by atoms with Crippen LogP contribution in [-0.4, -0.2) is 40.7 Å². The van der Waals surface area contributed by atoms with E-state index in [0.29, 0.717) is 11.8 Å². The minimum absolute atomic E-state index is 0.153. The quantitative estimate of drug-likeness (QED) is 0.910. The van der Waals surface area contributed by atoms with E-state index in [-0.39, 0.29) is 11.9 Å². The molecule has 1 aliphatic rings. The molecule has 5 heteroatoms. The number of likely N-dealkylation sites (tertiary alicyclic amines) is 1. The van der Waals surface area contributed by atoms with E-state index in [2.05, 4.69) is 47.7 Å². The molecule has 134 valence electrons. The van der Waals surface area contributed by atoms with Gasteiger partial charge in [-0.2, -0.15) is 5.10 Å². The van der Waals surface area contributed by atoms with Crippen molar-refractivity contribution in [2.24, 2.45) is 13.0 Å². The molecule has 3 atom stereocenters. The number of hydrogen-bond acceptors (Lipinski definition) is 3. The molecule has 5 nitrogen and oxygen atoms in total. The summed E-state index contributed by atoms with van der Waals surface area (Å²) in [5.74, 6) is 1.20. The van der Waals surface area contributed by atoms with E-state index in [1.54, 1.807) is 10.9 Å². The molecule has 3 unspecified atom stereocenters. The molecule has 1 aliphatic heterocycles. The van der Waals surface area contributed by atoms with Crippen molar-refractivity contribution < 1.29 is 4.79 Å². The maximum atomic E-state index is 13.1. The molecule has 0 spiro atoms. The second-order valence-electron chi connectivity index (χ2n) is 6.93. The number of likely N-dealkylation sites (N-methyl/N-ethyl adjacent to an activating group) is 1. The van der Waals surface area contributed by atoms with Gasteiger partial charge < -0.3 is 10.2 Å². The average molecular weight is 340 g/mol. The van der Waals surface area contributed by atoms with E-state index < -0.39 is 0 Å². The third-order valence-electron chi connectivity index (χ3n) is 5.39. The van der Waals surface area contributed by atoms with Gasteiger partial charge >= 0.3 is 0 Å². The lowest BCUT2D eigenvalue weighted by Gasteiger charge is -2.40. The van der Waals surface area contributed by atoms with Gasteiger partial charge in [-0.3, -0.25) is 9.48 Å². The minimum Gasteiger partial charge on any atom is -0.341 e. The molecule has 1 amide bonds. The van der Waals surface area contributed by atoms with Gasteiger partial charge in [0, 0.05) is 31.9 Å². The molecular weight excluding hydrogens is 312 g/mol. The molecule has 25 heavy (non-hydrogen) atoms. The molecule has 1 fully saturated rings. The molecule has 2 aromatic rings. The third kappa shape index (κ3) is 3.76. The number of amides is 1. The van der Waals surface area contributed by atoms with Crippen molar-refractivity contribution in [1.29, 1.82) is 0 Å². The fourth-order valence-electron chi connectivity index (χ4n) is 3.99. The SMILES string of the molecule is CCC1CN(C(=O)C(NC)c2cnn(C)c2)CCC1c1ccccc1. The second-order valence-corrected chi connectivity index (χ2v) is 6.93. The Morgan fingerprint density at radius 3 is 2.72 bits per heavy atom. The molecule has 2 heterocycles. The summed E-state index contributed by atoms with van der Waals surface area (Å²) >= 11 is 0. The van der Waals surface area contributed by atoms with Gasteiger partial charge in [-0.15, -0.1) is 0 Å². The number of nitrogens with zero attached hydrogens (tertiary/aromatic N) is 3. The van der Waals surface area contributed by atoms with Crippen LogP contribution in [0, 0.1) is 5.92 Å². The molecule has 1 N–H and O–H groups in total. The van der Waals surface area contributed by atoms with Crippen LogP contribution in [0.1, 0.15) is 42.9 Å². The summed E-state index contributed by atoms with van der Waals surface area (Å²) in [5, 5.41) is 7.36. The minimum atomic E-state index is -0.320. The van der Waals surface area contributed by atoms with E-state index in [0.717, 1.165) is 31.5 Å². The number of carbonyl (C=O) groups excluding carboxylic acids is 1. The van der Waals surface area contributed by atoms with Gasteiger partial charge in [0.15, 0.2) is 0 Å². The van der Waals surface area contributed by atoms with Crippen LogP contribution in [0.4, 0.5) is 0 Å². The van der Waals surface area contributed by atoms with Crippen LogP contribution in [0.3, 0.4) is 0 Å². The zero-order chi connectivity index (χ0) is 17.8. The van der Waals surface area contributed by atoms with Gasteiger partial charge in [-0.1, -0.05) is 43.7 Å². The highest BCUT2D eigenvalue weighted by Crippen LogP contribution is 2.35. The fraction of sp³-hybridized carbons (Fsp3) is 0.500. The summed E-state index contributed by atoms with van der Waals surface area (Å²) < 4.78 is 1.74. The monoisotopic (exact) mass is 340 g/mol. The lowest BCUT2D eigenvalue weighted by atomic mass is 9.79. The van der Waals surface area contributed by atoms with Crippen molar-refractivity contribution >= 4 is 5.91 Å². The molecule has 1 saturated heterocycles. The van der Waals surface area contributed by atoms with Gasteiger partial charge in [0.1, 0.15) is 6.04 Å². The number of hydrogen-bond donors (Lipinski definition) is 1. The number of nitrogens with one attached hydrogen (secondary N) is 1. The van der Waals surface area contributed by atoms with Gasteiger partial charge in [-0.05, 0) is 30.9 Å². The summed E-state index contributed by atoms with van der Waals surface area (Å²) in [5.41, 5.74) is 2.33. The van der Waals surface area contributed by atoms with Crippen LogP contribution in [0.5, 0.6) is 0 Å². The van der Waals surface area contributed by atoms with Gasteiger partial charge in [-0.25, -0.2) is 0 Å². The number of carbonyl (C=O) groups is 1. The molecule has 0 bridgehead atoms. The summed E-state index contributed by atoms with van der Waals surface area (Å²) in [4.78, 5) is 15.1. The molecule has 1 aromatic heterocycles. The van der Waals surface area contributed by atoms with Gasteiger partial charge in [0.05, 0.1) is 6.20 Å². The van der Waals surface area contributed by atoms with Crippen molar-refractivity contribution in [1.82, 2.24) is 20.0 Å². The smallest absolute Gasteiger partial charge is 0.244 e. The lowest BCUT2D eigenvalue weighted by Crippen LogP contribution is -2.47. The number of aromatic nitrogens is 2. The van der Waals surface area contributed by atoms with Crippen LogP contribution in [-0.2, 0) is 11.8 Å². The largest absolute Gasteiger partial charge is 0.341 e. The summed E-state index contributed by atoms with van der Waals surface area (Å²) in [6, 6.07) is 10.4. The number of aryl methyl sites for hydroxylation is 1. The maximum Gasteiger partial charge on any atom is 0.244 e. The Kier molecular flexibility index (Phi) is 5.53. The Morgan fingerprint density at radius 1 is 1.36 bits per heavy atom. The Balaban J connectivity index is 1.73. The Bertz CT molecular complexity index is 697. The van der Waals surface area contributed by atoms with Crippen LogP contribution in [0.15, 0.2) is 42.7 Å². The zero-order valence-electron chi connectivity index (χ0n) is 15.4. The number of benzene rings is 1. The highest BCUT2D eigenvalue weighted by Gasteiger charge is 2.34. The van der Waals surface area contributed by atoms with E-state index in [4.69, 9.17) is 0 Å². The van der Waals surface area contributed by atoms with Crippen molar-refractivity contribution in [2.45, 2.75) is 31.7 Å². The first-order valence-corrected chi connectivity index (χ1v) is 9.13. The Morgan fingerprint density at radius 2 is 2.12 bits per heavy atom. The van der Waals surface area contributed by atoms with Crippen LogP contribution in [0.2, 0.25) is 0 Å². The molecule has 1 aromatic carbocycles. The summed E-state index contributed by atoms with van der Waals surface area (Å²) in [7, 11) is 3.71. The Labute approximate surface area is 150 Å². The van der Waals surface area contributed by atoms with Gasteiger partial charge in [0.2, 0.25) is 5.91 Å². The Hall–Kier alpha value is -2.14. The second kappa shape index (κ2) is 7.83. The van der Waals surface area contributed by atoms with E-state index in [1.165, 1.54) is 5.56 Å². The van der Waals surface area contributed by atoms with E-state index >= 15 is 0 Å². The standard InChI is InChI=1S/C20H28N4O/c1-4-15-14-24(11-10-18(15)16-8-6-5-7-9-16)20(25)19(21-2)17-12-22-23(3)13-17/h5-9,12-13,15,18-19,21H,4,10-11,14H2,1-3H3. The van der Waals surface area contributed by atoms with Crippen molar-refractivity contribution in [2.75, 3.05) is 20.1 Å². The topological polar surface area (TPSA) is 50.2 Å². The first kappa shape index (κ1) is 17.7. The lowest BCUT2D eigenvalue weighted by molar-refractivity contribution is -0.135. The highest BCUT2D eigenvalue weighted by atomic mass is 16.2. The maximum absolute atomic E-state index is 13.1. The summed E-state index contributed by atoms with van der Waals surface area (Å²) in [6.07, 6.45) is 5.79. The first-order chi connectivity index (χ1) is 12.1. The number of piperidine rings is 1. The molecule has 0 aliphatic carbocycles. The summed E-state index contributed by atoms with van der Waals surface area (Å²) in [6.45, 7) is 3.87. The van der Waals surface area contributed by atoms with Crippen LogP contribution in [0.25, 0.3) is 0 Å². The number of rotatable bonds is 5. The van der Waals surface area contributed by atoms with Crippen molar-refractivity contribution in [3.63, 3.8) is 0 Å². The first-order valence-electron chi connectivity index (χ1n) is 9.13. The third-order valence-corrected chi connectivity index (χ3v) is 5.39. The van der Waals surface area contributed by atoms with E-state index in [1.807, 2.05) is 25.2 Å². The predicted octanol–water partition coefficient (Wildman–Crippen LogP) is 2.72.